The fraction of sp³-hybridized carbons (Fsp3) is 0.235. The molecule has 2 aromatic rings. The van der Waals surface area contributed by atoms with Crippen LogP contribution in [0.3, 0.4) is 0 Å². The Morgan fingerprint density at radius 3 is 2.82 bits per heavy atom. The van der Waals surface area contributed by atoms with Crippen molar-refractivity contribution >= 4 is 11.6 Å². The smallest absolute Gasteiger partial charge is 0.180 e. The SMILES string of the molecule is C=CCOc1c(Cl)cc(C[NH2+]Cc2cccnc2)cc1OC. The van der Waals surface area contributed by atoms with Gasteiger partial charge in [0.15, 0.2) is 11.5 Å². The molecule has 0 unspecified atom stereocenters. The van der Waals surface area contributed by atoms with E-state index in [1.807, 2.05) is 24.4 Å². The molecule has 0 atom stereocenters. The molecule has 1 heterocycles. The van der Waals surface area contributed by atoms with Crippen LogP contribution in [-0.2, 0) is 13.1 Å². The Balaban J connectivity index is 2.02. The summed E-state index contributed by atoms with van der Waals surface area (Å²) in [6.07, 6.45) is 5.32. The number of hydrogen-bond acceptors (Lipinski definition) is 3. The maximum Gasteiger partial charge on any atom is 0.180 e. The van der Waals surface area contributed by atoms with E-state index in [1.54, 1.807) is 19.4 Å². The van der Waals surface area contributed by atoms with Crippen LogP contribution in [0.25, 0.3) is 0 Å². The van der Waals surface area contributed by atoms with Crippen LogP contribution in [0.15, 0.2) is 49.3 Å². The Morgan fingerprint density at radius 2 is 2.14 bits per heavy atom. The Bertz CT molecular complexity index is 618. The molecule has 0 amide bonds. The van der Waals surface area contributed by atoms with Crippen LogP contribution in [0.2, 0.25) is 5.02 Å². The van der Waals surface area contributed by atoms with E-state index in [2.05, 4.69) is 22.9 Å². The summed E-state index contributed by atoms with van der Waals surface area (Å²) in [5.74, 6) is 1.19. The van der Waals surface area contributed by atoms with Gasteiger partial charge in [-0.15, -0.1) is 0 Å². The molecular weight excluding hydrogens is 300 g/mol. The molecule has 0 spiro atoms. The van der Waals surface area contributed by atoms with E-state index in [-0.39, 0.29) is 0 Å². The average molecular weight is 320 g/mol. The first-order valence-electron chi connectivity index (χ1n) is 7.05. The Kier molecular flexibility index (Phi) is 6.25. The predicted molar refractivity (Wildman–Crippen MR) is 87.3 cm³/mol. The first-order chi connectivity index (χ1) is 10.7. The highest BCUT2D eigenvalue weighted by molar-refractivity contribution is 6.32. The van der Waals surface area contributed by atoms with Crippen molar-refractivity contribution < 1.29 is 14.8 Å². The molecule has 116 valence electrons. The van der Waals surface area contributed by atoms with E-state index in [0.29, 0.717) is 23.1 Å². The van der Waals surface area contributed by atoms with Gasteiger partial charge in [-0.3, -0.25) is 4.98 Å². The first kappa shape index (κ1) is 16.3. The number of nitrogens with zero attached hydrogens (tertiary/aromatic N) is 1. The van der Waals surface area contributed by atoms with Crippen LogP contribution < -0.4 is 14.8 Å². The van der Waals surface area contributed by atoms with Crippen molar-refractivity contribution in [3.05, 3.63) is 65.5 Å². The third kappa shape index (κ3) is 4.48. The number of quaternary nitrogens is 1. The van der Waals surface area contributed by atoms with Gasteiger partial charge in [0.2, 0.25) is 0 Å². The van der Waals surface area contributed by atoms with Crippen molar-refractivity contribution in [1.29, 1.82) is 0 Å². The molecule has 5 heteroatoms. The Labute approximate surface area is 135 Å². The summed E-state index contributed by atoms with van der Waals surface area (Å²) >= 11 is 6.28. The zero-order valence-corrected chi connectivity index (χ0v) is 13.3. The molecule has 0 aliphatic rings. The van der Waals surface area contributed by atoms with Crippen LogP contribution in [0, 0.1) is 0 Å². The van der Waals surface area contributed by atoms with Crippen molar-refractivity contribution in [1.82, 2.24) is 4.98 Å². The lowest BCUT2D eigenvalue weighted by Gasteiger charge is -2.13. The predicted octanol–water partition coefficient (Wildman–Crippen LogP) is 2.57. The van der Waals surface area contributed by atoms with Gasteiger partial charge in [-0.1, -0.05) is 30.3 Å². The van der Waals surface area contributed by atoms with Crippen molar-refractivity contribution in [2.75, 3.05) is 13.7 Å². The summed E-state index contributed by atoms with van der Waals surface area (Å²) in [5, 5.41) is 2.73. The number of aromatic nitrogens is 1. The van der Waals surface area contributed by atoms with Crippen molar-refractivity contribution in [3.63, 3.8) is 0 Å². The second-order valence-corrected chi connectivity index (χ2v) is 5.17. The van der Waals surface area contributed by atoms with E-state index in [1.165, 1.54) is 5.56 Å². The summed E-state index contributed by atoms with van der Waals surface area (Å²) in [4.78, 5) is 4.11. The normalized spacial score (nSPS) is 10.3. The highest BCUT2D eigenvalue weighted by atomic mass is 35.5. The summed E-state index contributed by atoms with van der Waals surface area (Å²) in [7, 11) is 1.61. The third-order valence-electron chi connectivity index (χ3n) is 3.12. The van der Waals surface area contributed by atoms with Crippen LogP contribution in [-0.4, -0.2) is 18.7 Å². The molecular formula is C17H20ClN2O2+. The Hall–Kier alpha value is -2.04. The van der Waals surface area contributed by atoms with Gasteiger partial charge >= 0.3 is 0 Å². The van der Waals surface area contributed by atoms with Gasteiger partial charge in [0.1, 0.15) is 19.7 Å². The lowest BCUT2D eigenvalue weighted by Crippen LogP contribution is -2.80. The molecule has 2 N–H and O–H groups in total. The fourth-order valence-corrected chi connectivity index (χ4v) is 2.39. The maximum atomic E-state index is 6.28. The third-order valence-corrected chi connectivity index (χ3v) is 3.40. The quantitative estimate of drug-likeness (QED) is 0.761. The van der Waals surface area contributed by atoms with Crippen LogP contribution >= 0.6 is 11.6 Å². The number of benzene rings is 1. The lowest BCUT2D eigenvalue weighted by atomic mass is 10.2. The number of pyridine rings is 1. The minimum Gasteiger partial charge on any atom is -0.493 e. The maximum absolute atomic E-state index is 6.28. The average Bonchev–Trinajstić information content (AvgIpc) is 2.54. The van der Waals surface area contributed by atoms with E-state index in [0.717, 1.165) is 18.7 Å². The molecule has 0 bridgehead atoms. The molecule has 4 nitrogen and oxygen atoms in total. The molecule has 0 fully saturated rings. The summed E-state index contributed by atoms with van der Waals surface area (Å²) in [6.45, 7) is 5.68. The number of hydrogen-bond donors (Lipinski definition) is 1. The van der Waals surface area contributed by atoms with Gasteiger partial charge in [-0.25, -0.2) is 0 Å². The standard InChI is InChI=1S/C17H19ClN2O2/c1-3-7-22-17-15(18)8-14(9-16(17)21-2)12-20-11-13-5-4-6-19-10-13/h3-6,8-10,20H,1,7,11-12H2,2H3/p+1. The summed E-state index contributed by atoms with van der Waals surface area (Å²) < 4.78 is 10.9. The number of nitrogens with two attached hydrogens (primary N) is 1. The van der Waals surface area contributed by atoms with Crippen molar-refractivity contribution in [2.24, 2.45) is 0 Å². The minimum atomic E-state index is 0.391. The molecule has 2 rings (SSSR count). The van der Waals surface area contributed by atoms with Gasteiger partial charge in [-0.2, -0.15) is 0 Å². The summed E-state index contributed by atoms with van der Waals surface area (Å²) in [6, 6.07) is 7.85. The fourth-order valence-electron chi connectivity index (χ4n) is 2.10. The summed E-state index contributed by atoms with van der Waals surface area (Å²) in [5.41, 5.74) is 2.27. The number of ether oxygens (including phenoxy) is 2. The number of rotatable bonds is 8. The second-order valence-electron chi connectivity index (χ2n) is 4.77. The highest BCUT2D eigenvalue weighted by Crippen LogP contribution is 2.36. The molecule has 0 saturated heterocycles. The molecule has 0 saturated carbocycles. The monoisotopic (exact) mass is 319 g/mol. The molecule has 22 heavy (non-hydrogen) atoms. The van der Waals surface area contributed by atoms with Crippen LogP contribution in [0.5, 0.6) is 11.5 Å². The van der Waals surface area contributed by atoms with E-state index in [9.17, 15) is 0 Å². The van der Waals surface area contributed by atoms with E-state index in [4.69, 9.17) is 21.1 Å². The van der Waals surface area contributed by atoms with Gasteiger partial charge in [0.25, 0.3) is 0 Å². The zero-order valence-electron chi connectivity index (χ0n) is 12.6. The molecule has 0 aliphatic carbocycles. The highest BCUT2D eigenvalue weighted by Gasteiger charge is 2.12. The zero-order chi connectivity index (χ0) is 15.8. The molecule has 1 aromatic carbocycles. The van der Waals surface area contributed by atoms with Gasteiger partial charge in [0, 0.05) is 23.5 Å². The number of halogens is 1. The van der Waals surface area contributed by atoms with E-state index >= 15 is 0 Å². The van der Waals surface area contributed by atoms with Gasteiger partial charge < -0.3 is 14.8 Å². The second kappa shape index (κ2) is 8.41. The molecule has 0 aliphatic heterocycles. The van der Waals surface area contributed by atoms with Crippen LogP contribution in [0.4, 0.5) is 0 Å². The minimum absolute atomic E-state index is 0.391. The lowest BCUT2D eigenvalue weighted by molar-refractivity contribution is -0.686. The first-order valence-corrected chi connectivity index (χ1v) is 7.43. The Morgan fingerprint density at radius 1 is 1.32 bits per heavy atom. The number of methoxy groups -OCH3 is 1. The van der Waals surface area contributed by atoms with Crippen LogP contribution in [0.1, 0.15) is 11.1 Å². The van der Waals surface area contributed by atoms with Gasteiger partial charge in [-0.05, 0) is 18.2 Å². The largest absolute Gasteiger partial charge is 0.493 e. The van der Waals surface area contributed by atoms with Crippen molar-refractivity contribution in [3.8, 4) is 11.5 Å². The topological polar surface area (TPSA) is 48.0 Å². The molecule has 0 radical (unpaired) electrons. The van der Waals surface area contributed by atoms with E-state index < -0.39 is 0 Å². The van der Waals surface area contributed by atoms with Gasteiger partial charge in [0.05, 0.1) is 12.1 Å². The molecule has 1 aromatic heterocycles. The van der Waals surface area contributed by atoms with Crippen molar-refractivity contribution in [2.45, 2.75) is 13.1 Å².